The van der Waals surface area contributed by atoms with Crippen molar-refractivity contribution in [2.24, 2.45) is 5.73 Å². The van der Waals surface area contributed by atoms with E-state index in [1.54, 1.807) is 24.3 Å². The molecule has 0 radical (unpaired) electrons. The fourth-order valence-electron chi connectivity index (χ4n) is 1.73. The van der Waals surface area contributed by atoms with Crippen molar-refractivity contribution >= 4 is 5.97 Å². The van der Waals surface area contributed by atoms with E-state index >= 15 is 0 Å². The Morgan fingerprint density at radius 2 is 2.00 bits per heavy atom. The summed E-state index contributed by atoms with van der Waals surface area (Å²) in [5.41, 5.74) is 6.32. The fraction of sp³-hybridized carbons (Fsp3) is 0.462. The maximum absolute atomic E-state index is 10.6. The van der Waals surface area contributed by atoms with Gasteiger partial charge in [-0.05, 0) is 24.1 Å². The average Bonchev–Trinajstić information content (AvgIpc) is 2.91. The van der Waals surface area contributed by atoms with Crippen molar-refractivity contribution in [2.75, 3.05) is 19.8 Å². The Hall–Kier alpha value is -1.63. The molecular formula is C13H17NO5. The van der Waals surface area contributed by atoms with Crippen LogP contribution in [0.15, 0.2) is 24.3 Å². The first-order valence-electron chi connectivity index (χ1n) is 6.08. The number of ether oxygens (including phenoxy) is 3. The monoisotopic (exact) mass is 267 g/mol. The summed E-state index contributed by atoms with van der Waals surface area (Å²) in [6.45, 7) is 1.54. The van der Waals surface area contributed by atoms with Crippen LogP contribution in [0, 0.1) is 0 Å². The van der Waals surface area contributed by atoms with Crippen molar-refractivity contribution in [3.63, 3.8) is 0 Å². The lowest BCUT2D eigenvalue weighted by Gasteiger charge is -2.12. The number of benzene rings is 1. The van der Waals surface area contributed by atoms with Gasteiger partial charge in [0.1, 0.15) is 18.4 Å². The molecule has 0 aliphatic carbocycles. The number of carbonyl (C=O) groups is 1. The number of hydrogen-bond donors (Lipinski definition) is 2. The molecule has 6 nitrogen and oxygen atoms in total. The van der Waals surface area contributed by atoms with Crippen LogP contribution in [0.2, 0.25) is 0 Å². The number of carboxylic acid groups (broad SMARTS) is 1. The van der Waals surface area contributed by atoms with Crippen LogP contribution in [-0.4, -0.2) is 43.2 Å². The van der Waals surface area contributed by atoms with Crippen molar-refractivity contribution in [3.8, 4) is 5.75 Å². The molecule has 19 heavy (non-hydrogen) atoms. The zero-order valence-corrected chi connectivity index (χ0v) is 10.5. The van der Waals surface area contributed by atoms with Crippen LogP contribution in [0.4, 0.5) is 0 Å². The molecule has 0 amide bonds. The molecule has 0 aromatic heterocycles. The van der Waals surface area contributed by atoms with Gasteiger partial charge in [0.2, 0.25) is 0 Å². The van der Waals surface area contributed by atoms with Crippen LogP contribution in [0.3, 0.4) is 0 Å². The van der Waals surface area contributed by atoms with Crippen molar-refractivity contribution in [3.05, 3.63) is 29.8 Å². The molecule has 1 unspecified atom stereocenters. The maximum atomic E-state index is 10.6. The van der Waals surface area contributed by atoms with Crippen LogP contribution in [-0.2, 0) is 20.7 Å². The molecule has 2 rings (SSSR count). The molecule has 1 aromatic rings. The summed E-state index contributed by atoms with van der Waals surface area (Å²) in [6, 6.07) is 6.27. The third-order valence-corrected chi connectivity index (χ3v) is 2.77. The van der Waals surface area contributed by atoms with Gasteiger partial charge < -0.3 is 25.1 Å². The summed E-state index contributed by atoms with van der Waals surface area (Å²) in [5.74, 6) is -0.317. The van der Waals surface area contributed by atoms with E-state index in [0.717, 1.165) is 5.56 Å². The van der Waals surface area contributed by atoms with Crippen LogP contribution < -0.4 is 10.5 Å². The van der Waals surface area contributed by atoms with E-state index in [0.29, 0.717) is 32.0 Å². The first kappa shape index (κ1) is 13.8. The quantitative estimate of drug-likeness (QED) is 0.775. The molecule has 1 saturated heterocycles. The van der Waals surface area contributed by atoms with Gasteiger partial charge in [-0.25, -0.2) is 0 Å². The minimum Gasteiger partial charge on any atom is -0.488 e. The van der Waals surface area contributed by atoms with Crippen molar-refractivity contribution in [2.45, 2.75) is 18.8 Å². The average molecular weight is 267 g/mol. The first-order chi connectivity index (χ1) is 9.15. The van der Waals surface area contributed by atoms with E-state index in [4.69, 9.17) is 25.1 Å². The lowest BCUT2D eigenvalue weighted by Crippen LogP contribution is -2.32. The summed E-state index contributed by atoms with van der Waals surface area (Å²) in [5, 5.41) is 8.73. The number of hydrogen-bond acceptors (Lipinski definition) is 5. The Labute approximate surface area is 111 Å². The van der Waals surface area contributed by atoms with Gasteiger partial charge in [0, 0.05) is 0 Å². The van der Waals surface area contributed by atoms with Gasteiger partial charge in [-0.15, -0.1) is 0 Å². The molecule has 0 bridgehead atoms. The van der Waals surface area contributed by atoms with E-state index < -0.39 is 12.0 Å². The summed E-state index contributed by atoms with van der Waals surface area (Å²) in [6.07, 6.45) is -0.00936. The SMILES string of the molecule is NC(Cc1ccc(OCC2OCCO2)cc1)C(=O)O. The minimum absolute atomic E-state index is 0.296. The van der Waals surface area contributed by atoms with Crippen molar-refractivity contribution in [1.29, 1.82) is 0 Å². The third-order valence-electron chi connectivity index (χ3n) is 2.77. The topological polar surface area (TPSA) is 91.0 Å². The highest BCUT2D eigenvalue weighted by molar-refractivity contribution is 5.73. The summed E-state index contributed by atoms with van der Waals surface area (Å²) < 4.78 is 16.0. The van der Waals surface area contributed by atoms with Gasteiger partial charge in [0.15, 0.2) is 6.29 Å². The van der Waals surface area contributed by atoms with Crippen LogP contribution >= 0.6 is 0 Å². The zero-order chi connectivity index (χ0) is 13.7. The number of aliphatic carboxylic acids is 1. The summed E-state index contributed by atoms with van der Waals surface area (Å²) in [7, 11) is 0. The molecule has 0 saturated carbocycles. The van der Waals surface area contributed by atoms with Crippen molar-refractivity contribution < 1.29 is 24.1 Å². The molecule has 3 N–H and O–H groups in total. The molecule has 1 fully saturated rings. The van der Waals surface area contributed by atoms with Gasteiger partial charge >= 0.3 is 5.97 Å². The van der Waals surface area contributed by atoms with E-state index in [1.165, 1.54) is 0 Å². The molecule has 104 valence electrons. The molecule has 1 heterocycles. The number of carboxylic acids is 1. The van der Waals surface area contributed by atoms with Gasteiger partial charge in [-0.1, -0.05) is 12.1 Å². The van der Waals surface area contributed by atoms with E-state index in [9.17, 15) is 4.79 Å². The lowest BCUT2D eigenvalue weighted by molar-refractivity contribution is -0.138. The van der Waals surface area contributed by atoms with Gasteiger partial charge in [-0.3, -0.25) is 4.79 Å². The van der Waals surface area contributed by atoms with Crippen molar-refractivity contribution in [1.82, 2.24) is 0 Å². The Balaban J connectivity index is 1.82. The van der Waals surface area contributed by atoms with Gasteiger partial charge in [-0.2, -0.15) is 0 Å². The molecule has 1 aliphatic heterocycles. The second kappa shape index (κ2) is 6.51. The Bertz CT molecular complexity index is 414. The summed E-state index contributed by atoms with van der Waals surface area (Å²) in [4.78, 5) is 10.6. The highest BCUT2D eigenvalue weighted by Crippen LogP contribution is 2.15. The summed E-state index contributed by atoms with van der Waals surface area (Å²) >= 11 is 0. The highest BCUT2D eigenvalue weighted by Gasteiger charge is 2.16. The predicted octanol–water partition coefficient (Wildman–Crippen LogP) is 0.393. The van der Waals surface area contributed by atoms with Crippen LogP contribution in [0.25, 0.3) is 0 Å². The number of rotatable bonds is 6. The number of nitrogens with two attached hydrogens (primary N) is 1. The second-order valence-corrected chi connectivity index (χ2v) is 4.27. The Morgan fingerprint density at radius 1 is 1.37 bits per heavy atom. The standard InChI is InChI=1S/C13H17NO5/c14-11(13(15)16)7-9-1-3-10(4-2-9)19-8-12-17-5-6-18-12/h1-4,11-12H,5-8,14H2,(H,15,16). The molecule has 1 atom stereocenters. The molecular weight excluding hydrogens is 250 g/mol. The molecule has 6 heteroatoms. The van der Waals surface area contributed by atoms with E-state index in [-0.39, 0.29) is 6.29 Å². The van der Waals surface area contributed by atoms with Crippen LogP contribution in [0.5, 0.6) is 5.75 Å². The second-order valence-electron chi connectivity index (χ2n) is 4.27. The Morgan fingerprint density at radius 3 is 2.58 bits per heavy atom. The molecule has 1 aromatic carbocycles. The van der Waals surface area contributed by atoms with E-state index in [1.807, 2.05) is 0 Å². The van der Waals surface area contributed by atoms with Gasteiger partial charge in [0.05, 0.1) is 13.2 Å². The van der Waals surface area contributed by atoms with E-state index in [2.05, 4.69) is 0 Å². The molecule has 1 aliphatic rings. The Kier molecular flexibility index (Phi) is 4.73. The normalized spacial score (nSPS) is 17.3. The largest absolute Gasteiger partial charge is 0.488 e. The zero-order valence-electron chi connectivity index (χ0n) is 10.5. The minimum atomic E-state index is -1.00. The third kappa shape index (κ3) is 4.20. The maximum Gasteiger partial charge on any atom is 0.320 e. The molecule has 0 spiro atoms. The fourth-order valence-corrected chi connectivity index (χ4v) is 1.73. The first-order valence-corrected chi connectivity index (χ1v) is 6.08. The van der Waals surface area contributed by atoms with Gasteiger partial charge in [0.25, 0.3) is 0 Å². The highest BCUT2D eigenvalue weighted by atomic mass is 16.7. The predicted molar refractivity (Wildman–Crippen MR) is 66.9 cm³/mol. The smallest absolute Gasteiger partial charge is 0.320 e. The lowest BCUT2D eigenvalue weighted by atomic mass is 10.1. The van der Waals surface area contributed by atoms with Crippen LogP contribution in [0.1, 0.15) is 5.56 Å².